The summed E-state index contributed by atoms with van der Waals surface area (Å²) < 4.78 is 5.48. The van der Waals surface area contributed by atoms with Crippen LogP contribution in [0.25, 0.3) is 0 Å². The van der Waals surface area contributed by atoms with Gasteiger partial charge in [0.25, 0.3) is 0 Å². The molecular formula is C78H151NO5. The molecule has 0 rings (SSSR count). The van der Waals surface area contributed by atoms with Gasteiger partial charge in [0.15, 0.2) is 0 Å². The zero-order valence-electron chi connectivity index (χ0n) is 57.2. The summed E-state index contributed by atoms with van der Waals surface area (Å²) in [5.74, 6) is -0.0173. The van der Waals surface area contributed by atoms with E-state index in [4.69, 9.17) is 4.74 Å². The van der Waals surface area contributed by atoms with E-state index >= 15 is 0 Å². The molecule has 0 spiro atoms. The first-order valence-electron chi connectivity index (χ1n) is 38.6. The molecule has 1 amide bonds. The number of amides is 1. The van der Waals surface area contributed by atoms with Gasteiger partial charge in [0.05, 0.1) is 25.4 Å². The van der Waals surface area contributed by atoms with Crippen molar-refractivity contribution in [2.45, 2.75) is 450 Å². The summed E-state index contributed by atoms with van der Waals surface area (Å²) in [6.45, 7) is 4.98. The van der Waals surface area contributed by atoms with Gasteiger partial charge in [0.2, 0.25) is 5.91 Å². The van der Waals surface area contributed by atoms with Crippen LogP contribution in [0.3, 0.4) is 0 Å². The third kappa shape index (κ3) is 69.4. The van der Waals surface area contributed by atoms with Crippen LogP contribution in [-0.4, -0.2) is 47.4 Å². The van der Waals surface area contributed by atoms with Crippen molar-refractivity contribution in [3.63, 3.8) is 0 Å². The van der Waals surface area contributed by atoms with Crippen LogP contribution < -0.4 is 5.32 Å². The minimum Gasteiger partial charge on any atom is -0.466 e. The summed E-state index contributed by atoms with van der Waals surface area (Å²) in [5.41, 5.74) is 0. The molecule has 0 aliphatic carbocycles. The Labute approximate surface area is 526 Å². The molecule has 0 heterocycles. The molecule has 3 N–H and O–H groups in total. The van der Waals surface area contributed by atoms with Crippen LogP contribution in [0.4, 0.5) is 0 Å². The topological polar surface area (TPSA) is 95.9 Å². The number of rotatable bonds is 73. The van der Waals surface area contributed by atoms with E-state index in [-0.39, 0.29) is 18.5 Å². The van der Waals surface area contributed by atoms with Gasteiger partial charge < -0.3 is 20.3 Å². The van der Waals surface area contributed by atoms with Gasteiger partial charge in [-0.15, -0.1) is 0 Å². The van der Waals surface area contributed by atoms with Gasteiger partial charge in [-0.2, -0.15) is 0 Å². The summed E-state index contributed by atoms with van der Waals surface area (Å²) >= 11 is 0. The van der Waals surface area contributed by atoms with E-state index in [0.29, 0.717) is 25.9 Å². The zero-order chi connectivity index (χ0) is 60.6. The maximum Gasteiger partial charge on any atom is 0.305 e. The van der Waals surface area contributed by atoms with E-state index in [9.17, 15) is 19.8 Å². The molecule has 0 radical (unpaired) electrons. The lowest BCUT2D eigenvalue weighted by Crippen LogP contribution is -2.45. The van der Waals surface area contributed by atoms with E-state index in [1.165, 1.54) is 360 Å². The van der Waals surface area contributed by atoms with Gasteiger partial charge in [-0.25, -0.2) is 0 Å². The molecule has 6 nitrogen and oxygen atoms in total. The second-order valence-corrected chi connectivity index (χ2v) is 26.7. The van der Waals surface area contributed by atoms with Gasteiger partial charge in [-0.3, -0.25) is 9.59 Å². The SMILES string of the molecule is CCCCCC/C=C\CCCCCCCC(=O)OCCCCCCCCCCCCCC/C=C\CCCCCCCCCCCCCCCCCCC(=O)NC(CO)C(O)CCCCCCCCCCCCCCCCCCCCCCCC. The number of unbranched alkanes of at least 4 members (excludes halogenated alkanes) is 58. The summed E-state index contributed by atoms with van der Waals surface area (Å²) in [5, 5.41) is 23.5. The van der Waals surface area contributed by atoms with Gasteiger partial charge in [-0.05, 0) is 77.0 Å². The second-order valence-electron chi connectivity index (χ2n) is 26.7. The molecule has 0 aromatic heterocycles. The fourth-order valence-corrected chi connectivity index (χ4v) is 12.3. The Hall–Kier alpha value is -1.66. The standard InChI is InChI=1S/C78H151NO5/c1-3-5-7-9-11-13-15-17-18-19-20-21-34-37-40-43-47-50-54-58-62-66-70-76(81)75(74-80)79-77(82)71-67-63-59-55-51-48-44-41-38-35-32-30-28-26-24-22-23-25-27-29-31-33-36-39-42-45-49-53-57-61-65-69-73-84-78(83)72-68-64-60-56-52-46-16-14-12-10-8-6-4-2/h14,16,25,27,75-76,80-81H,3-13,15,17-24,26,28-74H2,1-2H3,(H,79,82)/b16-14-,27-25-. The Morgan fingerprint density at radius 3 is 0.857 bits per heavy atom. The molecule has 0 aromatic carbocycles. The molecule has 0 fully saturated rings. The van der Waals surface area contributed by atoms with E-state index in [1.807, 2.05) is 0 Å². The van der Waals surface area contributed by atoms with E-state index < -0.39 is 12.1 Å². The number of allylic oxidation sites excluding steroid dienone is 4. The summed E-state index contributed by atoms with van der Waals surface area (Å²) in [6.07, 6.45) is 94.0. The Kier molecular flexibility index (Phi) is 72.3. The number of hydrogen-bond acceptors (Lipinski definition) is 5. The molecule has 2 unspecified atom stereocenters. The third-order valence-electron chi connectivity index (χ3n) is 18.2. The number of hydrogen-bond donors (Lipinski definition) is 3. The molecule has 2 atom stereocenters. The van der Waals surface area contributed by atoms with Crippen molar-refractivity contribution in [1.29, 1.82) is 0 Å². The maximum atomic E-state index is 12.6. The van der Waals surface area contributed by atoms with Gasteiger partial charge in [-0.1, -0.05) is 372 Å². The van der Waals surface area contributed by atoms with Gasteiger partial charge in [0, 0.05) is 12.8 Å². The van der Waals surface area contributed by atoms with Crippen molar-refractivity contribution >= 4 is 11.9 Å². The van der Waals surface area contributed by atoms with Gasteiger partial charge >= 0.3 is 5.97 Å². The molecule has 84 heavy (non-hydrogen) atoms. The van der Waals surface area contributed by atoms with Crippen molar-refractivity contribution in [3.8, 4) is 0 Å². The number of aliphatic hydroxyl groups excluding tert-OH is 2. The lowest BCUT2D eigenvalue weighted by atomic mass is 10.0. The molecule has 0 saturated heterocycles. The Morgan fingerprint density at radius 1 is 0.321 bits per heavy atom. The highest BCUT2D eigenvalue weighted by molar-refractivity contribution is 5.76. The van der Waals surface area contributed by atoms with Crippen LogP contribution in [0, 0.1) is 0 Å². The fraction of sp³-hybridized carbons (Fsp3) is 0.923. The summed E-state index contributed by atoms with van der Waals surface area (Å²) in [6, 6.07) is -0.540. The Bertz CT molecular complexity index is 1320. The van der Waals surface area contributed by atoms with E-state index in [1.54, 1.807) is 0 Å². The maximum absolute atomic E-state index is 12.6. The van der Waals surface area contributed by atoms with E-state index in [0.717, 1.165) is 44.9 Å². The van der Waals surface area contributed by atoms with Crippen molar-refractivity contribution in [1.82, 2.24) is 5.32 Å². The number of nitrogens with one attached hydrogen (secondary N) is 1. The number of carbonyl (C=O) groups excluding carboxylic acids is 2. The summed E-state index contributed by atoms with van der Waals surface area (Å²) in [7, 11) is 0. The molecule has 0 aromatic rings. The predicted molar refractivity (Wildman–Crippen MR) is 370 cm³/mol. The largest absolute Gasteiger partial charge is 0.466 e. The Balaban J connectivity index is 3.36. The molecular weight excluding hydrogens is 1030 g/mol. The highest BCUT2D eigenvalue weighted by Crippen LogP contribution is 2.20. The monoisotopic (exact) mass is 1180 g/mol. The minimum absolute atomic E-state index is 0.00976. The van der Waals surface area contributed by atoms with Crippen molar-refractivity contribution in [2.24, 2.45) is 0 Å². The first-order chi connectivity index (χ1) is 41.5. The normalized spacial score (nSPS) is 12.6. The van der Waals surface area contributed by atoms with Crippen LogP contribution in [0.2, 0.25) is 0 Å². The van der Waals surface area contributed by atoms with E-state index in [2.05, 4.69) is 43.5 Å². The van der Waals surface area contributed by atoms with Crippen molar-refractivity contribution < 1.29 is 24.5 Å². The molecule has 0 bridgehead atoms. The lowest BCUT2D eigenvalue weighted by molar-refractivity contribution is -0.143. The van der Waals surface area contributed by atoms with Crippen LogP contribution in [-0.2, 0) is 14.3 Å². The number of esters is 1. The smallest absolute Gasteiger partial charge is 0.305 e. The predicted octanol–water partition coefficient (Wildman–Crippen LogP) is 25.3. The number of aliphatic hydroxyl groups is 2. The quantitative estimate of drug-likeness (QED) is 0.0320. The number of carbonyl (C=O) groups is 2. The fourth-order valence-electron chi connectivity index (χ4n) is 12.3. The van der Waals surface area contributed by atoms with Gasteiger partial charge in [0.1, 0.15) is 0 Å². The highest BCUT2D eigenvalue weighted by Gasteiger charge is 2.20. The molecule has 0 aliphatic rings. The molecule has 6 heteroatoms. The average Bonchev–Trinajstić information content (AvgIpc) is 3.51. The minimum atomic E-state index is -0.663. The molecule has 0 saturated carbocycles. The van der Waals surface area contributed by atoms with Crippen molar-refractivity contribution in [3.05, 3.63) is 24.3 Å². The lowest BCUT2D eigenvalue weighted by Gasteiger charge is -2.22. The van der Waals surface area contributed by atoms with Crippen LogP contribution in [0.1, 0.15) is 438 Å². The number of ether oxygens (including phenoxy) is 1. The zero-order valence-corrected chi connectivity index (χ0v) is 57.2. The first kappa shape index (κ1) is 82.3. The Morgan fingerprint density at radius 2 is 0.560 bits per heavy atom. The second kappa shape index (κ2) is 73.8. The van der Waals surface area contributed by atoms with Crippen LogP contribution >= 0.6 is 0 Å². The summed E-state index contributed by atoms with van der Waals surface area (Å²) in [4.78, 5) is 24.6. The van der Waals surface area contributed by atoms with Crippen LogP contribution in [0.15, 0.2) is 24.3 Å². The highest BCUT2D eigenvalue weighted by atomic mass is 16.5. The molecule has 0 aliphatic heterocycles. The third-order valence-corrected chi connectivity index (χ3v) is 18.2. The first-order valence-corrected chi connectivity index (χ1v) is 38.6. The van der Waals surface area contributed by atoms with Crippen molar-refractivity contribution in [2.75, 3.05) is 13.2 Å². The average molecular weight is 1180 g/mol. The molecule has 498 valence electrons. The van der Waals surface area contributed by atoms with Crippen LogP contribution in [0.5, 0.6) is 0 Å².